The van der Waals surface area contributed by atoms with E-state index >= 15 is 0 Å². The van der Waals surface area contributed by atoms with Crippen LogP contribution in [-0.4, -0.2) is 24.8 Å². The van der Waals surface area contributed by atoms with E-state index in [2.05, 4.69) is 4.74 Å². The molecule has 0 aliphatic carbocycles. The van der Waals surface area contributed by atoms with Gasteiger partial charge in [-0.3, -0.25) is 4.79 Å². The number of carbonyl (C=O) groups is 1. The standard InChI is InChI=1S/C10H20O3/c1-7(9(11)12-6)8(2)13-10(3,4)5/h7-8H,1-6H3. The van der Waals surface area contributed by atoms with Gasteiger partial charge >= 0.3 is 5.97 Å². The van der Waals surface area contributed by atoms with Crippen LogP contribution < -0.4 is 0 Å². The number of rotatable bonds is 3. The minimum Gasteiger partial charge on any atom is -0.469 e. The zero-order valence-electron chi connectivity index (χ0n) is 9.38. The van der Waals surface area contributed by atoms with Crippen LogP contribution in [0.1, 0.15) is 34.6 Å². The van der Waals surface area contributed by atoms with Gasteiger partial charge in [0, 0.05) is 0 Å². The molecule has 0 saturated heterocycles. The van der Waals surface area contributed by atoms with Crippen molar-refractivity contribution in [3.8, 4) is 0 Å². The summed E-state index contributed by atoms with van der Waals surface area (Å²) in [6.45, 7) is 9.59. The summed E-state index contributed by atoms with van der Waals surface area (Å²) in [6.07, 6.45) is -0.118. The van der Waals surface area contributed by atoms with Crippen molar-refractivity contribution in [1.29, 1.82) is 0 Å². The van der Waals surface area contributed by atoms with Crippen LogP contribution in [0.4, 0.5) is 0 Å². The topological polar surface area (TPSA) is 35.5 Å². The Bertz CT molecular complexity index is 169. The van der Waals surface area contributed by atoms with Gasteiger partial charge in [-0.15, -0.1) is 0 Å². The third-order valence-electron chi connectivity index (χ3n) is 1.82. The predicted molar refractivity (Wildman–Crippen MR) is 51.5 cm³/mol. The van der Waals surface area contributed by atoms with Gasteiger partial charge in [0.05, 0.1) is 24.7 Å². The summed E-state index contributed by atoms with van der Waals surface area (Å²) in [6, 6.07) is 0. The van der Waals surface area contributed by atoms with Crippen molar-refractivity contribution in [2.24, 2.45) is 5.92 Å². The van der Waals surface area contributed by atoms with Crippen LogP contribution in [-0.2, 0) is 14.3 Å². The second-order valence-electron chi connectivity index (χ2n) is 4.25. The highest BCUT2D eigenvalue weighted by Gasteiger charge is 2.25. The Balaban J connectivity index is 4.11. The molecule has 0 bridgehead atoms. The summed E-state index contributed by atoms with van der Waals surface area (Å²) < 4.78 is 10.3. The first kappa shape index (κ1) is 12.4. The maximum Gasteiger partial charge on any atom is 0.311 e. The van der Waals surface area contributed by atoms with E-state index in [0.29, 0.717) is 0 Å². The highest BCUT2D eigenvalue weighted by molar-refractivity contribution is 5.72. The number of hydrogen-bond acceptors (Lipinski definition) is 3. The Morgan fingerprint density at radius 3 is 2.00 bits per heavy atom. The molecule has 0 aliphatic heterocycles. The van der Waals surface area contributed by atoms with Gasteiger partial charge in [-0.05, 0) is 34.6 Å². The third kappa shape index (κ3) is 4.88. The molecule has 0 aliphatic rings. The predicted octanol–water partition coefficient (Wildman–Crippen LogP) is 2.00. The largest absolute Gasteiger partial charge is 0.469 e. The van der Waals surface area contributed by atoms with Crippen LogP contribution in [0.15, 0.2) is 0 Å². The molecule has 0 aromatic heterocycles. The Morgan fingerprint density at radius 2 is 1.69 bits per heavy atom. The fraction of sp³-hybridized carbons (Fsp3) is 0.900. The molecule has 0 radical (unpaired) electrons. The molecule has 2 atom stereocenters. The first-order chi connectivity index (χ1) is 5.78. The second-order valence-corrected chi connectivity index (χ2v) is 4.25. The Hall–Kier alpha value is -0.570. The summed E-state index contributed by atoms with van der Waals surface area (Å²) in [5.74, 6) is -0.444. The van der Waals surface area contributed by atoms with E-state index in [4.69, 9.17) is 4.74 Å². The van der Waals surface area contributed by atoms with E-state index in [1.54, 1.807) is 0 Å². The molecule has 0 saturated carbocycles. The summed E-state index contributed by atoms with van der Waals surface area (Å²) in [5, 5.41) is 0. The normalized spacial score (nSPS) is 16.5. The minimum absolute atomic E-state index is 0.118. The fourth-order valence-corrected chi connectivity index (χ4v) is 1.04. The van der Waals surface area contributed by atoms with E-state index in [1.165, 1.54) is 7.11 Å². The van der Waals surface area contributed by atoms with Gasteiger partial charge in [0.25, 0.3) is 0 Å². The second kappa shape index (κ2) is 4.61. The van der Waals surface area contributed by atoms with Crippen molar-refractivity contribution in [2.45, 2.75) is 46.3 Å². The molecule has 0 fully saturated rings. The number of ether oxygens (including phenoxy) is 2. The van der Waals surface area contributed by atoms with Crippen molar-refractivity contribution < 1.29 is 14.3 Å². The SMILES string of the molecule is COC(=O)C(C)C(C)OC(C)(C)C. The van der Waals surface area contributed by atoms with E-state index < -0.39 is 0 Å². The Labute approximate surface area is 80.4 Å². The summed E-state index contributed by atoms with van der Waals surface area (Å²) in [4.78, 5) is 11.1. The number of esters is 1. The number of carbonyl (C=O) groups excluding carboxylic acids is 1. The van der Waals surface area contributed by atoms with Crippen molar-refractivity contribution in [3.63, 3.8) is 0 Å². The molecule has 0 aromatic rings. The van der Waals surface area contributed by atoms with Crippen LogP contribution in [0.25, 0.3) is 0 Å². The summed E-state index contributed by atoms with van der Waals surface area (Å²) >= 11 is 0. The van der Waals surface area contributed by atoms with Crippen LogP contribution in [0.2, 0.25) is 0 Å². The van der Waals surface area contributed by atoms with Crippen molar-refractivity contribution >= 4 is 5.97 Å². The average Bonchev–Trinajstić information content (AvgIpc) is 1.98. The lowest BCUT2D eigenvalue weighted by atomic mass is 10.1. The molecule has 3 heteroatoms. The van der Waals surface area contributed by atoms with Crippen LogP contribution in [0.5, 0.6) is 0 Å². The van der Waals surface area contributed by atoms with Crippen LogP contribution in [0.3, 0.4) is 0 Å². The molecular formula is C10H20O3. The highest BCUT2D eigenvalue weighted by Crippen LogP contribution is 2.17. The number of hydrogen-bond donors (Lipinski definition) is 0. The number of methoxy groups -OCH3 is 1. The zero-order chi connectivity index (χ0) is 10.6. The molecule has 2 unspecified atom stereocenters. The van der Waals surface area contributed by atoms with Crippen LogP contribution >= 0.6 is 0 Å². The molecule has 0 aromatic carbocycles. The zero-order valence-corrected chi connectivity index (χ0v) is 9.38. The van der Waals surface area contributed by atoms with Gasteiger partial charge in [-0.25, -0.2) is 0 Å². The van der Waals surface area contributed by atoms with Gasteiger partial charge in [-0.1, -0.05) is 0 Å². The lowest BCUT2D eigenvalue weighted by molar-refractivity contribution is -0.154. The van der Waals surface area contributed by atoms with Crippen LogP contribution in [0, 0.1) is 5.92 Å². The molecule has 78 valence electrons. The van der Waals surface area contributed by atoms with Crippen molar-refractivity contribution in [1.82, 2.24) is 0 Å². The minimum atomic E-state index is -0.225. The van der Waals surface area contributed by atoms with E-state index in [9.17, 15) is 4.79 Å². The van der Waals surface area contributed by atoms with Gasteiger partial charge in [0.2, 0.25) is 0 Å². The van der Waals surface area contributed by atoms with Gasteiger partial charge in [-0.2, -0.15) is 0 Å². The first-order valence-electron chi connectivity index (χ1n) is 4.53. The molecule has 0 spiro atoms. The summed E-state index contributed by atoms with van der Waals surface area (Å²) in [5.41, 5.74) is -0.221. The van der Waals surface area contributed by atoms with Gasteiger partial charge in [0.15, 0.2) is 0 Å². The molecule has 0 N–H and O–H groups in total. The quantitative estimate of drug-likeness (QED) is 0.635. The lowest BCUT2D eigenvalue weighted by Crippen LogP contribution is -2.33. The van der Waals surface area contributed by atoms with E-state index in [1.807, 2.05) is 34.6 Å². The fourth-order valence-electron chi connectivity index (χ4n) is 1.04. The molecule has 13 heavy (non-hydrogen) atoms. The molecule has 0 heterocycles. The first-order valence-corrected chi connectivity index (χ1v) is 4.53. The third-order valence-corrected chi connectivity index (χ3v) is 1.82. The molecule has 3 nitrogen and oxygen atoms in total. The van der Waals surface area contributed by atoms with Crippen molar-refractivity contribution in [2.75, 3.05) is 7.11 Å². The smallest absolute Gasteiger partial charge is 0.311 e. The molecular weight excluding hydrogens is 168 g/mol. The maximum atomic E-state index is 11.1. The Morgan fingerprint density at radius 1 is 1.23 bits per heavy atom. The van der Waals surface area contributed by atoms with Gasteiger partial charge < -0.3 is 9.47 Å². The molecule has 0 amide bonds. The van der Waals surface area contributed by atoms with E-state index in [0.717, 1.165) is 0 Å². The Kier molecular flexibility index (Phi) is 4.40. The monoisotopic (exact) mass is 188 g/mol. The maximum absolute atomic E-state index is 11.1. The highest BCUT2D eigenvalue weighted by atomic mass is 16.5. The van der Waals surface area contributed by atoms with E-state index in [-0.39, 0.29) is 23.6 Å². The average molecular weight is 188 g/mol. The van der Waals surface area contributed by atoms with Gasteiger partial charge in [0.1, 0.15) is 0 Å². The van der Waals surface area contributed by atoms with Crippen molar-refractivity contribution in [3.05, 3.63) is 0 Å². The summed E-state index contributed by atoms with van der Waals surface area (Å²) in [7, 11) is 1.39. The molecule has 0 rings (SSSR count). The lowest BCUT2D eigenvalue weighted by Gasteiger charge is -2.27.